The molecular formula is C13H17NO3. The minimum Gasteiger partial charge on any atom is -0.486 e. The Morgan fingerprint density at radius 1 is 1.29 bits per heavy atom. The molecule has 0 aromatic heterocycles. The number of hydrogen-bond donors (Lipinski definition) is 1. The second-order valence-corrected chi connectivity index (χ2v) is 3.96. The highest BCUT2D eigenvalue weighted by atomic mass is 16.6. The fourth-order valence-electron chi connectivity index (χ4n) is 1.70. The van der Waals surface area contributed by atoms with Crippen LogP contribution in [0.15, 0.2) is 18.2 Å². The van der Waals surface area contributed by atoms with Gasteiger partial charge in [0, 0.05) is 5.56 Å². The van der Waals surface area contributed by atoms with Gasteiger partial charge >= 0.3 is 0 Å². The van der Waals surface area contributed by atoms with E-state index in [0.29, 0.717) is 36.8 Å². The number of hydrogen-bond acceptors (Lipinski definition) is 4. The predicted molar refractivity (Wildman–Crippen MR) is 64.9 cm³/mol. The highest BCUT2D eigenvalue weighted by Crippen LogP contribution is 2.30. The lowest BCUT2D eigenvalue weighted by molar-refractivity contribution is 0.0990. The third kappa shape index (κ3) is 2.97. The molecule has 0 spiro atoms. The zero-order chi connectivity index (χ0) is 12.1. The molecule has 0 saturated carbocycles. The van der Waals surface area contributed by atoms with E-state index in [1.807, 2.05) is 0 Å². The normalized spacial score (nSPS) is 13.5. The molecule has 17 heavy (non-hydrogen) atoms. The van der Waals surface area contributed by atoms with E-state index in [9.17, 15) is 4.79 Å². The van der Waals surface area contributed by atoms with Crippen LogP contribution in [0.4, 0.5) is 0 Å². The molecule has 0 radical (unpaired) electrons. The van der Waals surface area contributed by atoms with Crippen molar-refractivity contribution in [1.82, 2.24) is 5.32 Å². The molecule has 4 heteroatoms. The summed E-state index contributed by atoms with van der Waals surface area (Å²) in [5.74, 6) is 1.46. The van der Waals surface area contributed by atoms with Crippen molar-refractivity contribution < 1.29 is 14.3 Å². The first-order valence-electron chi connectivity index (χ1n) is 5.95. The average molecular weight is 235 g/mol. The molecule has 0 fully saturated rings. The summed E-state index contributed by atoms with van der Waals surface area (Å²) in [5, 5.41) is 3.09. The lowest BCUT2D eigenvalue weighted by Crippen LogP contribution is -2.24. The summed E-state index contributed by atoms with van der Waals surface area (Å²) in [6.07, 6.45) is 1.02. The van der Waals surface area contributed by atoms with Crippen molar-refractivity contribution in [3.05, 3.63) is 23.8 Å². The van der Waals surface area contributed by atoms with Crippen LogP contribution in [0.5, 0.6) is 11.5 Å². The molecule has 0 bridgehead atoms. The molecule has 2 rings (SSSR count). The first kappa shape index (κ1) is 11.9. The molecule has 0 unspecified atom stereocenters. The van der Waals surface area contributed by atoms with E-state index in [2.05, 4.69) is 12.2 Å². The maximum Gasteiger partial charge on any atom is 0.176 e. The van der Waals surface area contributed by atoms with E-state index in [-0.39, 0.29) is 5.78 Å². The summed E-state index contributed by atoms with van der Waals surface area (Å²) in [6.45, 7) is 4.41. The van der Waals surface area contributed by atoms with E-state index in [0.717, 1.165) is 13.0 Å². The Labute approximate surface area is 101 Å². The molecule has 0 aliphatic carbocycles. The van der Waals surface area contributed by atoms with Crippen LogP contribution < -0.4 is 14.8 Å². The summed E-state index contributed by atoms with van der Waals surface area (Å²) in [6, 6.07) is 5.33. The van der Waals surface area contributed by atoms with Crippen molar-refractivity contribution in [2.45, 2.75) is 13.3 Å². The van der Waals surface area contributed by atoms with Gasteiger partial charge < -0.3 is 14.8 Å². The van der Waals surface area contributed by atoms with Gasteiger partial charge in [0.15, 0.2) is 17.3 Å². The van der Waals surface area contributed by atoms with E-state index in [1.165, 1.54) is 0 Å². The van der Waals surface area contributed by atoms with Gasteiger partial charge in [-0.1, -0.05) is 6.92 Å². The Morgan fingerprint density at radius 3 is 2.82 bits per heavy atom. The molecule has 1 heterocycles. The third-order valence-electron chi connectivity index (χ3n) is 2.58. The average Bonchev–Trinajstić information content (AvgIpc) is 2.38. The Bertz CT molecular complexity index is 404. The Kier molecular flexibility index (Phi) is 3.98. The topological polar surface area (TPSA) is 47.6 Å². The lowest BCUT2D eigenvalue weighted by Gasteiger charge is -2.18. The van der Waals surface area contributed by atoms with Crippen LogP contribution in [-0.2, 0) is 0 Å². The van der Waals surface area contributed by atoms with Crippen molar-refractivity contribution in [3.8, 4) is 11.5 Å². The largest absolute Gasteiger partial charge is 0.486 e. The fourth-order valence-corrected chi connectivity index (χ4v) is 1.70. The van der Waals surface area contributed by atoms with Crippen LogP contribution in [0, 0.1) is 0 Å². The van der Waals surface area contributed by atoms with Gasteiger partial charge in [0.25, 0.3) is 0 Å². The molecule has 1 N–H and O–H groups in total. The minimum absolute atomic E-state index is 0.0791. The van der Waals surface area contributed by atoms with Crippen LogP contribution in [0.25, 0.3) is 0 Å². The SMILES string of the molecule is CCCNCC(=O)c1ccc2c(c1)OCCO2. The van der Waals surface area contributed by atoms with Crippen LogP contribution >= 0.6 is 0 Å². The van der Waals surface area contributed by atoms with Gasteiger partial charge in [-0.2, -0.15) is 0 Å². The van der Waals surface area contributed by atoms with E-state index < -0.39 is 0 Å². The number of Topliss-reactive ketones (excluding diaryl/α,β-unsaturated/α-hetero) is 1. The molecule has 4 nitrogen and oxygen atoms in total. The zero-order valence-corrected chi connectivity index (χ0v) is 9.99. The molecule has 1 aromatic rings. The molecule has 0 saturated heterocycles. The summed E-state index contributed by atoms with van der Waals surface area (Å²) in [5.41, 5.74) is 0.665. The van der Waals surface area contributed by atoms with Crippen molar-refractivity contribution in [1.29, 1.82) is 0 Å². The number of ether oxygens (including phenoxy) is 2. The van der Waals surface area contributed by atoms with E-state index in [4.69, 9.17) is 9.47 Å². The molecule has 1 aromatic carbocycles. The minimum atomic E-state index is 0.0791. The zero-order valence-electron chi connectivity index (χ0n) is 9.99. The van der Waals surface area contributed by atoms with Crippen LogP contribution in [0.2, 0.25) is 0 Å². The van der Waals surface area contributed by atoms with Gasteiger partial charge in [0.05, 0.1) is 6.54 Å². The third-order valence-corrected chi connectivity index (χ3v) is 2.58. The smallest absolute Gasteiger partial charge is 0.176 e. The monoisotopic (exact) mass is 235 g/mol. The van der Waals surface area contributed by atoms with Gasteiger partial charge in [0.1, 0.15) is 13.2 Å². The maximum absolute atomic E-state index is 11.8. The Balaban J connectivity index is 2.03. The van der Waals surface area contributed by atoms with Crippen molar-refractivity contribution in [2.75, 3.05) is 26.3 Å². The van der Waals surface area contributed by atoms with Gasteiger partial charge in [0.2, 0.25) is 0 Å². The number of carbonyl (C=O) groups is 1. The molecule has 1 aliphatic rings. The molecule has 0 amide bonds. The van der Waals surface area contributed by atoms with E-state index >= 15 is 0 Å². The van der Waals surface area contributed by atoms with Crippen LogP contribution in [-0.4, -0.2) is 32.1 Å². The summed E-state index contributed by atoms with van der Waals surface area (Å²) < 4.78 is 10.8. The van der Waals surface area contributed by atoms with Gasteiger partial charge in [-0.15, -0.1) is 0 Å². The van der Waals surface area contributed by atoms with Gasteiger partial charge in [-0.25, -0.2) is 0 Å². The van der Waals surface area contributed by atoms with Crippen molar-refractivity contribution in [3.63, 3.8) is 0 Å². The standard InChI is InChI=1S/C13H17NO3/c1-2-5-14-9-11(15)10-3-4-12-13(8-10)17-7-6-16-12/h3-4,8,14H,2,5-7,9H2,1H3. The first-order valence-corrected chi connectivity index (χ1v) is 5.95. The van der Waals surface area contributed by atoms with Gasteiger partial charge in [-0.05, 0) is 31.2 Å². The van der Waals surface area contributed by atoms with Crippen LogP contribution in [0.3, 0.4) is 0 Å². The Hall–Kier alpha value is -1.55. The number of fused-ring (bicyclic) bond motifs is 1. The van der Waals surface area contributed by atoms with Crippen molar-refractivity contribution >= 4 is 5.78 Å². The van der Waals surface area contributed by atoms with Gasteiger partial charge in [-0.3, -0.25) is 4.79 Å². The number of ketones is 1. The quantitative estimate of drug-likeness (QED) is 0.622. The molecular weight excluding hydrogens is 218 g/mol. The molecule has 0 atom stereocenters. The predicted octanol–water partition coefficient (Wildman–Crippen LogP) is 1.64. The molecule has 1 aliphatic heterocycles. The van der Waals surface area contributed by atoms with Crippen molar-refractivity contribution in [2.24, 2.45) is 0 Å². The second kappa shape index (κ2) is 5.68. The summed E-state index contributed by atoms with van der Waals surface area (Å²) in [7, 11) is 0. The number of benzene rings is 1. The molecule has 92 valence electrons. The maximum atomic E-state index is 11.8. The lowest BCUT2D eigenvalue weighted by atomic mass is 10.1. The highest BCUT2D eigenvalue weighted by Gasteiger charge is 2.14. The number of carbonyl (C=O) groups excluding carboxylic acids is 1. The fraction of sp³-hybridized carbons (Fsp3) is 0.462. The summed E-state index contributed by atoms with van der Waals surface area (Å²) >= 11 is 0. The van der Waals surface area contributed by atoms with Crippen LogP contribution in [0.1, 0.15) is 23.7 Å². The van der Waals surface area contributed by atoms with E-state index in [1.54, 1.807) is 18.2 Å². The second-order valence-electron chi connectivity index (χ2n) is 3.96. The number of nitrogens with one attached hydrogen (secondary N) is 1. The first-order chi connectivity index (χ1) is 8.31. The summed E-state index contributed by atoms with van der Waals surface area (Å²) in [4.78, 5) is 11.8. The number of rotatable bonds is 5. The highest BCUT2D eigenvalue weighted by molar-refractivity contribution is 5.98. The Morgan fingerprint density at radius 2 is 2.06 bits per heavy atom.